The minimum atomic E-state index is 0.439. The molecule has 2 aromatic rings. The maximum atomic E-state index is 5.83. The second-order valence-corrected chi connectivity index (χ2v) is 4.84. The quantitative estimate of drug-likeness (QED) is 0.878. The van der Waals surface area contributed by atoms with E-state index >= 15 is 0 Å². The number of hydrogen-bond acceptors (Lipinski definition) is 3. The summed E-state index contributed by atoms with van der Waals surface area (Å²) in [6.45, 7) is 6.38. The second-order valence-electron chi connectivity index (χ2n) is 4.84. The van der Waals surface area contributed by atoms with E-state index in [2.05, 4.69) is 50.2 Å². The molecule has 0 aliphatic carbocycles. The number of anilines is 1. The van der Waals surface area contributed by atoms with Crippen LogP contribution in [0.15, 0.2) is 28.8 Å². The van der Waals surface area contributed by atoms with Gasteiger partial charge in [0.1, 0.15) is 5.69 Å². The van der Waals surface area contributed by atoms with Crippen LogP contribution in [0, 0.1) is 12.8 Å². The van der Waals surface area contributed by atoms with Crippen LogP contribution >= 0.6 is 0 Å². The molecule has 0 saturated carbocycles. The highest BCUT2D eigenvalue weighted by molar-refractivity contribution is 5.67. The van der Waals surface area contributed by atoms with Gasteiger partial charge in [0.2, 0.25) is 5.88 Å². The van der Waals surface area contributed by atoms with Crippen LogP contribution in [0.5, 0.6) is 0 Å². The summed E-state index contributed by atoms with van der Waals surface area (Å²) < 4.78 is 5.11. The van der Waals surface area contributed by atoms with Gasteiger partial charge < -0.3 is 10.3 Å². The first-order valence-corrected chi connectivity index (χ1v) is 5.89. The maximum absolute atomic E-state index is 5.83. The zero-order chi connectivity index (χ0) is 12.4. The average molecular weight is 230 g/mol. The van der Waals surface area contributed by atoms with E-state index in [0.717, 1.165) is 23.2 Å². The van der Waals surface area contributed by atoms with E-state index in [1.807, 2.05) is 0 Å². The Morgan fingerprint density at radius 3 is 2.47 bits per heavy atom. The normalized spacial score (nSPS) is 11.1. The average Bonchev–Trinajstić information content (AvgIpc) is 2.61. The lowest BCUT2D eigenvalue weighted by Crippen LogP contribution is -1.98. The van der Waals surface area contributed by atoms with Crippen molar-refractivity contribution in [2.45, 2.75) is 27.2 Å². The lowest BCUT2D eigenvalue weighted by atomic mass is 9.99. The predicted octanol–water partition coefficient (Wildman–Crippen LogP) is 3.43. The van der Waals surface area contributed by atoms with Crippen LogP contribution < -0.4 is 5.73 Å². The molecular formula is C14H18N2O. The Labute approximate surface area is 102 Å². The van der Waals surface area contributed by atoms with Crippen LogP contribution in [-0.2, 0) is 6.42 Å². The molecule has 3 heteroatoms. The van der Waals surface area contributed by atoms with Gasteiger partial charge in [0.05, 0.1) is 0 Å². The Balaban J connectivity index is 2.41. The molecule has 0 amide bonds. The Morgan fingerprint density at radius 1 is 1.24 bits per heavy atom. The third kappa shape index (κ3) is 2.49. The molecule has 0 spiro atoms. The summed E-state index contributed by atoms with van der Waals surface area (Å²) >= 11 is 0. The summed E-state index contributed by atoms with van der Waals surface area (Å²) in [7, 11) is 0. The van der Waals surface area contributed by atoms with Crippen LogP contribution in [0.25, 0.3) is 11.3 Å². The molecule has 0 saturated heterocycles. The van der Waals surface area contributed by atoms with E-state index in [4.69, 9.17) is 10.3 Å². The van der Waals surface area contributed by atoms with E-state index in [1.165, 1.54) is 5.56 Å². The highest BCUT2D eigenvalue weighted by atomic mass is 16.5. The van der Waals surface area contributed by atoms with Crippen LogP contribution in [0.1, 0.15) is 25.0 Å². The molecule has 17 heavy (non-hydrogen) atoms. The van der Waals surface area contributed by atoms with Crippen molar-refractivity contribution >= 4 is 5.88 Å². The van der Waals surface area contributed by atoms with Crippen LogP contribution in [-0.4, -0.2) is 5.16 Å². The summed E-state index contributed by atoms with van der Waals surface area (Å²) in [6, 6.07) is 8.24. The SMILES string of the molecule is Cc1ccc(-c2noc(N)c2CC(C)C)cc1. The molecule has 0 aliphatic heterocycles. The number of aromatic nitrogens is 1. The minimum absolute atomic E-state index is 0.439. The lowest BCUT2D eigenvalue weighted by Gasteiger charge is -2.05. The fraction of sp³-hybridized carbons (Fsp3) is 0.357. The summed E-state index contributed by atoms with van der Waals surface area (Å²) in [6.07, 6.45) is 0.887. The van der Waals surface area contributed by atoms with Gasteiger partial charge in [-0.05, 0) is 19.3 Å². The highest BCUT2D eigenvalue weighted by Gasteiger charge is 2.16. The van der Waals surface area contributed by atoms with Gasteiger partial charge in [-0.1, -0.05) is 48.8 Å². The zero-order valence-corrected chi connectivity index (χ0v) is 10.5. The fourth-order valence-electron chi connectivity index (χ4n) is 1.87. The molecule has 0 bridgehead atoms. The van der Waals surface area contributed by atoms with E-state index in [9.17, 15) is 0 Å². The molecule has 0 fully saturated rings. The number of benzene rings is 1. The number of hydrogen-bond donors (Lipinski definition) is 1. The van der Waals surface area contributed by atoms with E-state index < -0.39 is 0 Å². The number of nitrogens with two attached hydrogens (primary N) is 1. The van der Waals surface area contributed by atoms with Gasteiger partial charge in [-0.25, -0.2) is 0 Å². The Morgan fingerprint density at radius 2 is 1.88 bits per heavy atom. The van der Waals surface area contributed by atoms with Gasteiger partial charge in [-0.15, -0.1) is 0 Å². The van der Waals surface area contributed by atoms with Crippen molar-refractivity contribution in [2.75, 3.05) is 5.73 Å². The van der Waals surface area contributed by atoms with Crippen molar-refractivity contribution in [1.82, 2.24) is 5.16 Å². The molecule has 3 nitrogen and oxygen atoms in total. The molecule has 2 rings (SSSR count). The molecule has 0 unspecified atom stereocenters. The maximum Gasteiger partial charge on any atom is 0.225 e. The third-order valence-corrected chi connectivity index (χ3v) is 2.76. The van der Waals surface area contributed by atoms with Gasteiger partial charge >= 0.3 is 0 Å². The molecule has 1 heterocycles. The molecule has 0 aliphatic rings. The monoisotopic (exact) mass is 230 g/mol. The first-order chi connectivity index (χ1) is 8.08. The van der Waals surface area contributed by atoms with Gasteiger partial charge in [0.25, 0.3) is 0 Å². The van der Waals surface area contributed by atoms with Crippen molar-refractivity contribution in [3.63, 3.8) is 0 Å². The molecule has 1 aromatic heterocycles. The second kappa shape index (κ2) is 4.62. The summed E-state index contributed by atoms with van der Waals surface area (Å²) in [5, 5.41) is 4.07. The van der Waals surface area contributed by atoms with E-state index in [1.54, 1.807) is 0 Å². The molecule has 1 aromatic carbocycles. The van der Waals surface area contributed by atoms with Gasteiger partial charge in [0.15, 0.2) is 0 Å². The number of nitrogen functional groups attached to an aromatic ring is 1. The van der Waals surface area contributed by atoms with Gasteiger partial charge in [0, 0.05) is 11.1 Å². The van der Waals surface area contributed by atoms with Crippen LogP contribution in [0.2, 0.25) is 0 Å². The first-order valence-electron chi connectivity index (χ1n) is 5.89. The Hall–Kier alpha value is -1.77. The van der Waals surface area contributed by atoms with Crippen molar-refractivity contribution in [2.24, 2.45) is 5.92 Å². The van der Waals surface area contributed by atoms with Crippen molar-refractivity contribution in [1.29, 1.82) is 0 Å². The summed E-state index contributed by atoms with van der Waals surface area (Å²) in [5.74, 6) is 0.968. The molecule has 0 atom stereocenters. The molecule has 90 valence electrons. The number of aryl methyl sites for hydroxylation is 1. The lowest BCUT2D eigenvalue weighted by molar-refractivity contribution is 0.438. The molecular weight excluding hydrogens is 212 g/mol. The largest absolute Gasteiger partial charge is 0.367 e. The summed E-state index contributed by atoms with van der Waals surface area (Å²) in [4.78, 5) is 0. The number of nitrogens with zero attached hydrogens (tertiary/aromatic N) is 1. The van der Waals surface area contributed by atoms with Crippen LogP contribution in [0.4, 0.5) is 5.88 Å². The standard InChI is InChI=1S/C14H18N2O/c1-9(2)8-12-13(16-17-14(12)15)11-6-4-10(3)5-7-11/h4-7,9H,8,15H2,1-3H3. The Bertz CT molecular complexity index is 497. The third-order valence-electron chi connectivity index (χ3n) is 2.76. The fourth-order valence-corrected chi connectivity index (χ4v) is 1.87. The summed E-state index contributed by atoms with van der Waals surface area (Å²) in [5.41, 5.74) is 10.0. The molecule has 0 radical (unpaired) electrons. The zero-order valence-electron chi connectivity index (χ0n) is 10.5. The number of rotatable bonds is 3. The van der Waals surface area contributed by atoms with Crippen LogP contribution in [0.3, 0.4) is 0 Å². The van der Waals surface area contributed by atoms with Crippen molar-refractivity contribution in [3.05, 3.63) is 35.4 Å². The Kier molecular flexibility index (Phi) is 3.18. The molecule has 2 N–H and O–H groups in total. The van der Waals surface area contributed by atoms with E-state index in [-0.39, 0.29) is 0 Å². The van der Waals surface area contributed by atoms with Crippen molar-refractivity contribution < 1.29 is 4.52 Å². The van der Waals surface area contributed by atoms with Gasteiger partial charge in [-0.2, -0.15) is 0 Å². The first kappa shape index (κ1) is 11.7. The highest BCUT2D eigenvalue weighted by Crippen LogP contribution is 2.29. The minimum Gasteiger partial charge on any atom is -0.367 e. The van der Waals surface area contributed by atoms with E-state index in [0.29, 0.717) is 11.8 Å². The van der Waals surface area contributed by atoms with Crippen molar-refractivity contribution in [3.8, 4) is 11.3 Å². The predicted molar refractivity (Wildman–Crippen MR) is 69.6 cm³/mol. The smallest absolute Gasteiger partial charge is 0.225 e. The topological polar surface area (TPSA) is 52.0 Å². The van der Waals surface area contributed by atoms with Gasteiger partial charge in [-0.3, -0.25) is 0 Å².